The summed E-state index contributed by atoms with van der Waals surface area (Å²) in [7, 11) is 1.80. The smallest absolute Gasteiger partial charge is 0.256 e. The van der Waals surface area contributed by atoms with Crippen LogP contribution in [-0.4, -0.2) is 45.4 Å². The Morgan fingerprint density at radius 3 is 2.67 bits per heavy atom. The molecule has 1 saturated carbocycles. The van der Waals surface area contributed by atoms with Crippen molar-refractivity contribution in [2.75, 3.05) is 13.6 Å². The van der Waals surface area contributed by atoms with Crippen LogP contribution in [0, 0.1) is 5.92 Å². The summed E-state index contributed by atoms with van der Waals surface area (Å²) in [6.07, 6.45) is 7.25. The predicted octanol–water partition coefficient (Wildman–Crippen LogP) is 2.26. The molecule has 0 aliphatic heterocycles. The van der Waals surface area contributed by atoms with Crippen molar-refractivity contribution in [2.45, 2.75) is 58.1 Å². The molecule has 5 heteroatoms. The van der Waals surface area contributed by atoms with Gasteiger partial charge in [0, 0.05) is 25.7 Å². The van der Waals surface area contributed by atoms with E-state index in [9.17, 15) is 9.90 Å². The molecule has 1 aromatic rings. The highest BCUT2D eigenvalue weighted by Crippen LogP contribution is 2.25. The van der Waals surface area contributed by atoms with Gasteiger partial charge < -0.3 is 10.0 Å². The predicted molar refractivity (Wildman–Crippen MR) is 82.1 cm³/mol. The van der Waals surface area contributed by atoms with Crippen molar-refractivity contribution in [2.24, 2.45) is 5.92 Å². The zero-order chi connectivity index (χ0) is 15.6. The van der Waals surface area contributed by atoms with Crippen LogP contribution in [0.1, 0.15) is 56.8 Å². The third kappa shape index (κ3) is 3.84. The van der Waals surface area contributed by atoms with Crippen LogP contribution in [0.5, 0.6) is 0 Å². The van der Waals surface area contributed by atoms with Gasteiger partial charge in [-0.05, 0) is 33.6 Å². The number of carbonyl (C=O) groups is 1. The molecule has 0 bridgehead atoms. The van der Waals surface area contributed by atoms with Crippen LogP contribution < -0.4 is 0 Å². The highest BCUT2D eigenvalue weighted by molar-refractivity contribution is 5.93. The van der Waals surface area contributed by atoms with Crippen molar-refractivity contribution < 1.29 is 9.90 Å². The van der Waals surface area contributed by atoms with Gasteiger partial charge in [0.25, 0.3) is 5.91 Å². The largest absolute Gasteiger partial charge is 0.393 e. The van der Waals surface area contributed by atoms with Crippen molar-refractivity contribution in [3.8, 4) is 0 Å². The van der Waals surface area contributed by atoms with Gasteiger partial charge in [0.05, 0.1) is 23.4 Å². The Kier molecular flexibility index (Phi) is 4.71. The maximum absolute atomic E-state index is 12.5. The molecule has 118 valence electrons. The number of hydrogen-bond donors (Lipinski definition) is 1. The minimum atomic E-state index is -0.272. The summed E-state index contributed by atoms with van der Waals surface area (Å²) in [6.45, 7) is 6.77. The maximum Gasteiger partial charge on any atom is 0.256 e. The minimum Gasteiger partial charge on any atom is -0.393 e. The second-order valence-electron chi connectivity index (χ2n) is 7.14. The standard InChI is InChI=1S/C16H27N3O2/c1-16(2,3)19-11-13(9-17-19)15(21)18(4)10-12-7-5-6-8-14(12)20/h9,11-12,14,20H,5-8,10H2,1-4H3. The van der Waals surface area contributed by atoms with Gasteiger partial charge in [-0.3, -0.25) is 9.48 Å². The van der Waals surface area contributed by atoms with Crippen LogP contribution in [0.4, 0.5) is 0 Å². The Morgan fingerprint density at radius 2 is 2.10 bits per heavy atom. The zero-order valence-electron chi connectivity index (χ0n) is 13.5. The van der Waals surface area contributed by atoms with Crippen LogP contribution in [0.2, 0.25) is 0 Å². The third-order valence-electron chi connectivity index (χ3n) is 4.24. The summed E-state index contributed by atoms with van der Waals surface area (Å²) in [4.78, 5) is 14.2. The Morgan fingerprint density at radius 1 is 1.43 bits per heavy atom. The van der Waals surface area contributed by atoms with Crippen molar-refractivity contribution in [1.82, 2.24) is 14.7 Å². The monoisotopic (exact) mass is 293 g/mol. The minimum absolute atomic E-state index is 0.0247. The molecule has 1 fully saturated rings. The summed E-state index contributed by atoms with van der Waals surface area (Å²) in [5.41, 5.74) is 0.481. The lowest BCUT2D eigenvalue weighted by molar-refractivity contribution is 0.0451. The van der Waals surface area contributed by atoms with Gasteiger partial charge in [-0.15, -0.1) is 0 Å². The summed E-state index contributed by atoms with van der Waals surface area (Å²) in [5, 5.41) is 14.3. The number of rotatable bonds is 3. The van der Waals surface area contributed by atoms with E-state index in [-0.39, 0.29) is 23.5 Å². The van der Waals surface area contributed by atoms with E-state index in [4.69, 9.17) is 0 Å². The molecule has 0 spiro atoms. The SMILES string of the molecule is CN(CC1CCCCC1O)C(=O)c1cnn(C(C)(C)C)c1. The van der Waals surface area contributed by atoms with E-state index in [0.29, 0.717) is 12.1 Å². The molecule has 1 aromatic heterocycles. The molecule has 21 heavy (non-hydrogen) atoms. The Labute approximate surface area is 126 Å². The fourth-order valence-electron chi connectivity index (χ4n) is 2.86. The van der Waals surface area contributed by atoms with E-state index in [1.165, 1.54) is 0 Å². The lowest BCUT2D eigenvalue weighted by Crippen LogP contribution is -2.38. The van der Waals surface area contributed by atoms with E-state index in [1.54, 1.807) is 24.3 Å². The molecule has 2 rings (SSSR count). The lowest BCUT2D eigenvalue weighted by atomic mass is 9.86. The van der Waals surface area contributed by atoms with Crippen LogP contribution in [-0.2, 0) is 5.54 Å². The van der Waals surface area contributed by atoms with Gasteiger partial charge >= 0.3 is 0 Å². The first-order chi connectivity index (χ1) is 9.79. The second-order valence-corrected chi connectivity index (χ2v) is 7.14. The molecule has 1 heterocycles. The summed E-state index contributed by atoms with van der Waals surface area (Å²) in [5.74, 6) is 0.175. The molecule has 2 unspecified atom stereocenters. The molecule has 1 aliphatic carbocycles. The quantitative estimate of drug-likeness (QED) is 0.930. The molecule has 0 radical (unpaired) electrons. The first-order valence-corrected chi connectivity index (χ1v) is 7.77. The Hall–Kier alpha value is -1.36. The van der Waals surface area contributed by atoms with E-state index in [1.807, 2.05) is 4.68 Å². The van der Waals surface area contributed by atoms with E-state index in [0.717, 1.165) is 25.7 Å². The molecule has 0 saturated heterocycles. The highest BCUT2D eigenvalue weighted by Gasteiger charge is 2.26. The second kappa shape index (κ2) is 6.18. The number of carbonyl (C=O) groups excluding carboxylic acids is 1. The summed E-state index contributed by atoms with van der Waals surface area (Å²) in [6, 6.07) is 0. The fraction of sp³-hybridized carbons (Fsp3) is 0.750. The average molecular weight is 293 g/mol. The number of hydrogen-bond acceptors (Lipinski definition) is 3. The van der Waals surface area contributed by atoms with Gasteiger partial charge in [0.2, 0.25) is 0 Å². The average Bonchev–Trinajstić information content (AvgIpc) is 2.90. The molecular weight excluding hydrogens is 266 g/mol. The number of aliphatic hydroxyl groups is 1. The molecule has 1 amide bonds. The number of amides is 1. The molecular formula is C16H27N3O2. The Balaban J connectivity index is 2.00. The van der Waals surface area contributed by atoms with Gasteiger partial charge in [-0.1, -0.05) is 12.8 Å². The van der Waals surface area contributed by atoms with E-state index >= 15 is 0 Å². The molecule has 2 atom stereocenters. The molecule has 0 aromatic carbocycles. The molecule has 5 nitrogen and oxygen atoms in total. The molecule has 1 N–H and O–H groups in total. The Bertz CT molecular complexity index is 490. The number of nitrogens with zero attached hydrogens (tertiary/aromatic N) is 3. The fourth-order valence-corrected chi connectivity index (χ4v) is 2.86. The molecule has 1 aliphatic rings. The van der Waals surface area contributed by atoms with Crippen molar-refractivity contribution >= 4 is 5.91 Å². The number of aliphatic hydroxyl groups excluding tert-OH is 1. The lowest BCUT2D eigenvalue weighted by Gasteiger charge is -2.31. The first kappa shape index (κ1) is 16.0. The maximum atomic E-state index is 12.5. The van der Waals surface area contributed by atoms with Gasteiger partial charge in [0.1, 0.15) is 0 Å². The normalized spacial score (nSPS) is 23.1. The van der Waals surface area contributed by atoms with Crippen molar-refractivity contribution in [1.29, 1.82) is 0 Å². The van der Waals surface area contributed by atoms with E-state index < -0.39 is 0 Å². The van der Waals surface area contributed by atoms with Crippen molar-refractivity contribution in [3.05, 3.63) is 18.0 Å². The van der Waals surface area contributed by atoms with Crippen LogP contribution in [0.15, 0.2) is 12.4 Å². The van der Waals surface area contributed by atoms with Crippen LogP contribution in [0.25, 0.3) is 0 Å². The summed E-state index contributed by atoms with van der Waals surface area (Å²) >= 11 is 0. The van der Waals surface area contributed by atoms with Gasteiger partial charge in [0.15, 0.2) is 0 Å². The zero-order valence-corrected chi connectivity index (χ0v) is 13.5. The van der Waals surface area contributed by atoms with Crippen molar-refractivity contribution in [3.63, 3.8) is 0 Å². The van der Waals surface area contributed by atoms with E-state index in [2.05, 4.69) is 25.9 Å². The van der Waals surface area contributed by atoms with Gasteiger partial charge in [-0.2, -0.15) is 5.10 Å². The first-order valence-electron chi connectivity index (χ1n) is 7.77. The topological polar surface area (TPSA) is 58.4 Å². The third-order valence-corrected chi connectivity index (χ3v) is 4.24. The highest BCUT2D eigenvalue weighted by atomic mass is 16.3. The van der Waals surface area contributed by atoms with Crippen LogP contribution in [0.3, 0.4) is 0 Å². The summed E-state index contributed by atoms with van der Waals surface area (Å²) < 4.78 is 1.81. The van der Waals surface area contributed by atoms with Crippen LogP contribution >= 0.6 is 0 Å². The van der Waals surface area contributed by atoms with Gasteiger partial charge in [-0.25, -0.2) is 0 Å². The number of aromatic nitrogens is 2.